The van der Waals surface area contributed by atoms with Gasteiger partial charge in [0.25, 0.3) is 0 Å². The SMILES string of the molecule is N#Cc1ccc2c(c1I)C(=O)CCC2. The molecule has 1 aromatic carbocycles. The zero-order chi connectivity index (χ0) is 10.1. The smallest absolute Gasteiger partial charge is 0.164 e. The zero-order valence-corrected chi connectivity index (χ0v) is 9.67. The molecule has 2 rings (SSSR count). The minimum Gasteiger partial charge on any atom is -0.294 e. The van der Waals surface area contributed by atoms with E-state index in [-0.39, 0.29) is 5.78 Å². The fraction of sp³-hybridized carbons (Fsp3) is 0.273. The van der Waals surface area contributed by atoms with E-state index in [1.165, 1.54) is 0 Å². The van der Waals surface area contributed by atoms with Crippen molar-refractivity contribution in [2.75, 3.05) is 0 Å². The normalized spacial score (nSPS) is 14.7. The molecule has 2 nitrogen and oxygen atoms in total. The number of carbonyl (C=O) groups excluding carboxylic acids is 1. The minimum atomic E-state index is 0.188. The van der Waals surface area contributed by atoms with Gasteiger partial charge in [0.1, 0.15) is 6.07 Å². The minimum absolute atomic E-state index is 0.188. The summed E-state index contributed by atoms with van der Waals surface area (Å²) in [6, 6.07) is 5.82. The Morgan fingerprint density at radius 1 is 1.36 bits per heavy atom. The van der Waals surface area contributed by atoms with E-state index in [9.17, 15) is 4.79 Å². The first-order valence-electron chi connectivity index (χ1n) is 4.48. The fourth-order valence-corrected chi connectivity index (χ4v) is 2.72. The highest BCUT2D eigenvalue weighted by Gasteiger charge is 2.21. The summed E-state index contributed by atoms with van der Waals surface area (Å²) in [4.78, 5) is 11.7. The molecule has 0 aliphatic heterocycles. The number of rotatable bonds is 0. The predicted octanol–water partition coefficient (Wildman–Crippen LogP) is 2.68. The second-order valence-electron chi connectivity index (χ2n) is 3.35. The van der Waals surface area contributed by atoms with Crippen molar-refractivity contribution in [1.82, 2.24) is 0 Å². The standard InChI is InChI=1S/C11H8INO/c12-11-8(6-13)5-4-7-2-1-3-9(14)10(7)11/h4-5H,1-3H2. The molecule has 0 bridgehead atoms. The second kappa shape index (κ2) is 3.70. The Labute approximate surface area is 96.1 Å². The van der Waals surface area contributed by atoms with Crippen molar-refractivity contribution in [2.24, 2.45) is 0 Å². The maximum Gasteiger partial charge on any atom is 0.164 e. The quantitative estimate of drug-likeness (QED) is 0.691. The van der Waals surface area contributed by atoms with Crippen molar-refractivity contribution in [2.45, 2.75) is 19.3 Å². The summed E-state index contributed by atoms with van der Waals surface area (Å²) >= 11 is 2.10. The Balaban J connectivity index is 2.67. The Kier molecular flexibility index (Phi) is 2.55. The van der Waals surface area contributed by atoms with Crippen molar-refractivity contribution >= 4 is 28.4 Å². The largest absolute Gasteiger partial charge is 0.294 e. The van der Waals surface area contributed by atoms with E-state index in [1.807, 2.05) is 6.07 Å². The monoisotopic (exact) mass is 297 g/mol. The molecule has 70 valence electrons. The van der Waals surface area contributed by atoms with Gasteiger partial charge in [-0.25, -0.2) is 0 Å². The molecule has 0 spiro atoms. The fourth-order valence-electron chi connectivity index (χ4n) is 1.78. The lowest BCUT2D eigenvalue weighted by atomic mass is 9.89. The van der Waals surface area contributed by atoms with Crippen molar-refractivity contribution in [3.8, 4) is 6.07 Å². The third kappa shape index (κ3) is 1.44. The molecule has 0 unspecified atom stereocenters. The third-order valence-corrected chi connectivity index (χ3v) is 3.60. The number of nitriles is 1. The van der Waals surface area contributed by atoms with Gasteiger partial charge in [-0.15, -0.1) is 0 Å². The van der Waals surface area contributed by atoms with Crippen LogP contribution >= 0.6 is 22.6 Å². The molecule has 0 atom stereocenters. The second-order valence-corrected chi connectivity index (χ2v) is 4.43. The highest BCUT2D eigenvalue weighted by atomic mass is 127. The Bertz CT molecular complexity index is 445. The Hall–Kier alpha value is -0.890. The van der Waals surface area contributed by atoms with Crippen molar-refractivity contribution in [3.05, 3.63) is 32.4 Å². The number of Topliss-reactive ketones (excluding diaryl/α,β-unsaturated/α-hetero) is 1. The number of hydrogen-bond donors (Lipinski definition) is 0. The maximum absolute atomic E-state index is 11.7. The van der Waals surface area contributed by atoms with Crippen LogP contribution in [0.4, 0.5) is 0 Å². The highest BCUT2D eigenvalue weighted by molar-refractivity contribution is 14.1. The molecule has 1 aliphatic carbocycles. The molecule has 14 heavy (non-hydrogen) atoms. The van der Waals surface area contributed by atoms with Crippen LogP contribution in [0.5, 0.6) is 0 Å². The molecule has 1 aliphatic rings. The van der Waals surface area contributed by atoms with Gasteiger partial charge in [0, 0.05) is 15.6 Å². The summed E-state index contributed by atoms with van der Waals surface area (Å²) in [6.07, 6.45) is 2.52. The van der Waals surface area contributed by atoms with Gasteiger partial charge in [0.2, 0.25) is 0 Å². The average Bonchev–Trinajstić information content (AvgIpc) is 2.18. The summed E-state index contributed by atoms with van der Waals surface area (Å²) in [5.41, 5.74) is 2.50. The first-order chi connectivity index (χ1) is 6.74. The van der Waals surface area contributed by atoms with Crippen LogP contribution in [0.3, 0.4) is 0 Å². The number of benzene rings is 1. The van der Waals surface area contributed by atoms with Crippen LogP contribution in [0.2, 0.25) is 0 Å². The summed E-state index contributed by atoms with van der Waals surface area (Å²) < 4.78 is 0.826. The maximum atomic E-state index is 11.7. The van der Waals surface area contributed by atoms with Gasteiger partial charge in [0.15, 0.2) is 5.78 Å². The van der Waals surface area contributed by atoms with Crippen molar-refractivity contribution in [1.29, 1.82) is 5.26 Å². The van der Waals surface area contributed by atoms with Crippen LogP contribution in [0.25, 0.3) is 0 Å². The Morgan fingerprint density at radius 3 is 2.86 bits per heavy atom. The number of fused-ring (bicyclic) bond motifs is 1. The van der Waals surface area contributed by atoms with Crippen LogP contribution in [0.1, 0.15) is 34.3 Å². The van der Waals surface area contributed by atoms with Gasteiger partial charge in [-0.3, -0.25) is 4.79 Å². The molecule has 0 heterocycles. The summed E-state index contributed by atoms with van der Waals surface area (Å²) in [7, 11) is 0. The van der Waals surface area contributed by atoms with Crippen LogP contribution in [0.15, 0.2) is 12.1 Å². The summed E-state index contributed by atoms with van der Waals surface area (Å²) in [6.45, 7) is 0. The molecule has 3 heteroatoms. The average molecular weight is 297 g/mol. The number of halogens is 1. The number of aryl methyl sites for hydroxylation is 1. The van der Waals surface area contributed by atoms with Crippen LogP contribution in [-0.4, -0.2) is 5.78 Å². The Morgan fingerprint density at radius 2 is 2.14 bits per heavy atom. The molecule has 0 amide bonds. The molecule has 0 radical (unpaired) electrons. The third-order valence-electron chi connectivity index (χ3n) is 2.48. The first-order valence-corrected chi connectivity index (χ1v) is 5.56. The molecule has 0 saturated heterocycles. The molecule has 0 aromatic heterocycles. The lowest BCUT2D eigenvalue weighted by Crippen LogP contribution is -2.13. The van der Waals surface area contributed by atoms with Gasteiger partial charge in [0.05, 0.1) is 5.56 Å². The number of carbonyl (C=O) groups is 1. The van der Waals surface area contributed by atoms with Gasteiger partial charge in [-0.1, -0.05) is 6.07 Å². The van der Waals surface area contributed by atoms with Crippen LogP contribution < -0.4 is 0 Å². The van der Waals surface area contributed by atoms with E-state index in [0.717, 1.165) is 27.5 Å². The van der Waals surface area contributed by atoms with E-state index >= 15 is 0 Å². The summed E-state index contributed by atoms with van der Waals surface area (Å²) in [5, 5.41) is 8.84. The number of hydrogen-bond acceptors (Lipinski definition) is 2. The van der Waals surface area contributed by atoms with Gasteiger partial charge >= 0.3 is 0 Å². The molecular formula is C11H8INO. The van der Waals surface area contributed by atoms with Gasteiger partial charge in [-0.05, 0) is 47.1 Å². The molecule has 1 aromatic rings. The van der Waals surface area contributed by atoms with E-state index < -0.39 is 0 Å². The molecule has 0 N–H and O–H groups in total. The van der Waals surface area contributed by atoms with E-state index in [0.29, 0.717) is 12.0 Å². The summed E-state index contributed by atoms with van der Waals surface area (Å²) in [5.74, 6) is 0.188. The first kappa shape index (κ1) is 9.66. The number of ketones is 1. The van der Waals surface area contributed by atoms with Gasteiger partial charge < -0.3 is 0 Å². The van der Waals surface area contributed by atoms with E-state index in [4.69, 9.17) is 5.26 Å². The van der Waals surface area contributed by atoms with Crippen molar-refractivity contribution < 1.29 is 4.79 Å². The molecule has 0 saturated carbocycles. The lowest BCUT2D eigenvalue weighted by Gasteiger charge is -2.16. The topological polar surface area (TPSA) is 40.9 Å². The van der Waals surface area contributed by atoms with Gasteiger partial charge in [-0.2, -0.15) is 5.26 Å². The molecular weight excluding hydrogens is 289 g/mol. The highest BCUT2D eigenvalue weighted by Crippen LogP contribution is 2.27. The van der Waals surface area contributed by atoms with E-state index in [2.05, 4.69) is 28.7 Å². The zero-order valence-electron chi connectivity index (χ0n) is 7.51. The van der Waals surface area contributed by atoms with Crippen LogP contribution in [0, 0.1) is 14.9 Å². The van der Waals surface area contributed by atoms with Crippen LogP contribution in [-0.2, 0) is 6.42 Å². The number of nitrogens with zero attached hydrogens (tertiary/aromatic N) is 1. The van der Waals surface area contributed by atoms with E-state index in [1.54, 1.807) is 6.07 Å². The predicted molar refractivity (Wildman–Crippen MR) is 61.1 cm³/mol. The van der Waals surface area contributed by atoms with Crippen molar-refractivity contribution in [3.63, 3.8) is 0 Å². The molecule has 0 fully saturated rings. The lowest BCUT2D eigenvalue weighted by molar-refractivity contribution is 0.0971.